The average Bonchev–Trinajstić information content (AvgIpc) is 3.08. The fourth-order valence-corrected chi connectivity index (χ4v) is 7.36. The fraction of sp³-hybridized carbons (Fsp3) is 0.884. The second-order valence-corrected chi connectivity index (χ2v) is 16.5. The highest BCUT2D eigenvalue weighted by atomic mass is 32.2. The van der Waals surface area contributed by atoms with Gasteiger partial charge in [-0.05, 0) is 44.9 Å². The van der Waals surface area contributed by atoms with E-state index in [9.17, 15) is 22.9 Å². The molecule has 0 aliphatic rings. The molecule has 7 heteroatoms. The molecule has 0 saturated carbocycles. The normalized spacial score (nSPS) is 13.4. The maximum absolute atomic E-state index is 12.5. The topological polar surface area (TPSA) is 104 Å². The molecular formula is C43H83NO5S. The molecule has 0 bridgehead atoms. The van der Waals surface area contributed by atoms with Gasteiger partial charge in [0.25, 0.3) is 10.1 Å². The zero-order valence-corrected chi connectivity index (χ0v) is 33.8. The molecule has 3 N–H and O–H groups in total. The van der Waals surface area contributed by atoms with Crippen molar-refractivity contribution in [2.75, 3.05) is 5.75 Å². The van der Waals surface area contributed by atoms with Gasteiger partial charge in [-0.15, -0.1) is 0 Å². The van der Waals surface area contributed by atoms with Crippen LogP contribution in [0.25, 0.3) is 0 Å². The van der Waals surface area contributed by atoms with Gasteiger partial charge in [-0.25, -0.2) is 0 Å². The molecule has 6 nitrogen and oxygen atoms in total. The number of hydrogen-bond donors (Lipinski definition) is 3. The third kappa shape index (κ3) is 38.1. The van der Waals surface area contributed by atoms with Crippen molar-refractivity contribution in [3.63, 3.8) is 0 Å². The molecule has 0 spiro atoms. The number of aliphatic hydroxyl groups excluding tert-OH is 1. The largest absolute Gasteiger partial charge is 0.387 e. The molecule has 2 atom stereocenters. The van der Waals surface area contributed by atoms with Crippen LogP contribution in [0.15, 0.2) is 24.3 Å². The first-order chi connectivity index (χ1) is 24.3. The Balaban J connectivity index is 3.89. The summed E-state index contributed by atoms with van der Waals surface area (Å²) in [6.45, 7) is 4.53. The minimum Gasteiger partial charge on any atom is -0.387 e. The molecule has 2 unspecified atom stereocenters. The number of aliphatic hydroxyl groups is 1. The lowest BCUT2D eigenvalue weighted by Crippen LogP contribution is -2.46. The van der Waals surface area contributed by atoms with Crippen molar-refractivity contribution in [2.45, 2.75) is 238 Å². The van der Waals surface area contributed by atoms with Crippen LogP contribution in [0, 0.1) is 0 Å². The van der Waals surface area contributed by atoms with Gasteiger partial charge < -0.3 is 10.4 Å². The molecular weight excluding hydrogens is 643 g/mol. The van der Waals surface area contributed by atoms with Crippen LogP contribution in [-0.4, -0.2) is 41.9 Å². The van der Waals surface area contributed by atoms with Crippen LogP contribution >= 0.6 is 0 Å². The molecule has 0 heterocycles. The second-order valence-electron chi connectivity index (χ2n) is 15.0. The number of rotatable bonds is 39. The van der Waals surface area contributed by atoms with Crippen LogP contribution in [-0.2, 0) is 14.9 Å². The van der Waals surface area contributed by atoms with E-state index in [0.29, 0.717) is 6.42 Å². The Morgan fingerprint density at radius 2 is 0.840 bits per heavy atom. The highest BCUT2D eigenvalue weighted by Crippen LogP contribution is 2.15. The number of hydrogen-bond acceptors (Lipinski definition) is 4. The van der Waals surface area contributed by atoms with E-state index in [2.05, 4.69) is 31.3 Å². The Kier molecular flexibility index (Phi) is 36.7. The molecule has 0 radical (unpaired) electrons. The molecule has 0 aliphatic heterocycles. The van der Waals surface area contributed by atoms with Crippen LogP contribution in [0.1, 0.15) is 226 Å². The average molecular weight is 726 g/mol. The predicted octanol–water partition coefficient (Wildman–Crippen LogP) is 12.7. The molecule has 50 heavy (non-hydrogen) atoms. The molecule has 0 saturated heterocycles. The molecule has 0 rings (SSSR count). The molecule has 0 fully saturated rings. The van der Waals surface area contributed by atoms with E-state index in [4.69, 9.17) is 0 Å². The Hall–Kier alpha value is -1.18. The zero-order valence-electron chi connectivity index (χ0n) is 33.0. The van der Waals surface area contributed by atoms with E-state index >= 15 is 0 Å². The Bertz CT molecular complexity index is 888. The highest BCUT2D eigenvalue weighted by molar-refractivity contribution is 7.85. The lowest BCUT2D eigenvalue weighted by atomic mass is 10.0. The summed E-state index contributed by atoms with van der Waals surface area (Å²) in [4.78, 5) is 12.5. The molecule has 0 aromatic heterocycles. The quantitative estimate of drug-likeness (QED) is 0.0332. The van der Waals surface area contributed by atoms with E-state index in [1.54, 1.807) is 6.08 Å². The van der Waals surface area contributed by atoms with Crippen molar-refractivity contribution in [1.82, 2.24) is 5.32 Å². The lowest BCUT2D eigenvalue weighted by Gasteiger charge is -2.21. The van der Waals surface area contributed by atoms with Crippen molar-refractivity contribution in [3.05, 3.63) is 24.3 Å². The number of carbonyl (C=O) groups excluding carboxylic acids is 1. The summed E-state index contributed by atoms with van der Waals surface area (Å²) < 4.78 is 32.5. The van der Waals surface area contributed by atoms with Gasteiger partial charge in [-0.1, -0.05) is 199 Å². The summed E-state index contributed by atoms with van der Waals surface area (Å²) in [7, 11) is -4.34. The van der Waals surface area contributed by atoms with Crippen molar-refractivity contribution in [2.24, 2.45) is 0 Å². The van der Waals surface area contributed by atoms with E-state index < -0.39 is 28.0 Å². The van der Waals surface area contributed by atoms with Gasteiger partial charge in [0.15, 0.2) is 0 Å². The number of unbranched alkanes of at least 4 members (excludes halogenated alkanes) is 29. The van der Waals surface area contributed by atoms with E-state index in [1.165, 1.54) is 161 Å². The smallest absolute Gasteiger partial charge is 0.267 e. The fourth-order valence-electron chi connectivity index (χ4n) is 6.62. The van der Waals surface area contributed by atoms with Crippen molar-refractivity contribution in [1.29, 1.82) is 0 Å². The maximum Gasteiger partial charge on any atom is 0.267 e. The Morgan fingerprint density at radius 3 is 1.20 bits per heavy atom. The molecule has 1 amide bonds. The van der Waals surface area contributed by atoms with Gasteiger partial charge in [0.1, 0.15) is 0 Å². The van der Waals surface area contributed by atoms with Crippen LogP contribution in [0.5, 0.6) is 0 Å². The van der Waals surface area contributed by atoms with Crippen molar-refractivity contribution in [3.8, 4) is 0 Å². The van der Waals surface area contributed by atoms with Crippen LogP contribution in [0.4, 0.5) is 0 Å². The summed E-state index contributed by atoms with van der Waals surface area (Å²) in [5.41, 5.74) is 0. The number of amides is 1. The summed E-state index contributed by atoms with van der Waals surface area (Å²) in [6, 6.07) is -1.06. The molecule has 296 valence electrons. The van der Waals surface area contributed by atoms with Gasteiger partial charge >= 0.3 is 0 Å². The first kappa shape index (κ1) is 48.8. The lowest BCUT2D eigenvalue weighted by molar-refractivity contribution is -0.122. The van der Waals surface area contributed by atoms with Crippen molar-refractivity contribution < 1.29 is 22.9 Å². The van der Waals surface area contributed by atoms with Crippen LogP contribution < -0.4 is 5.32 Å². The van der Waals surface area contributed by atoms with Crippen LogP contribution in [0.2, 0.25) is 0 Å². The second kappa shape index (κ2) is 37.6. The zero-order chi connectivity index (χ0) is 36.8. The Morgan fingerprint density at radius 1 is 0.520 bits per heavy atom. The minimum atomic E-state index is -4.34. The van der Waals surface area contributed by atoms with E-state index in [-0.39, 0.29) is 5.91 Å². The highest BCUT2D eigenvalue weighted by Gasteiger charge is 2.24. The molecule has 0 aliphatic carbocycles. The SMILES string of the molecule is CCCCCCCC/C=C\CCCCCCCCCC(=O)NC(CS(=O)(=O)O)C(O)/C=C/CCCCCCCCCCCCCCCCCC. The summed E-state index contributed by atoms with van der Waals surface area (Å²) >= 11 is 0. The minimum absolute atomic E-state index is 0.281. The number of nitrogens with one attached hydrogen (secondary N) is 1. The standard InChI is InChI=1S/C43H83NO5S/c1-3-5-7-9-11-13-15-17-19-21-23-24-26-28-30-32-34-36-38-42(45)41(40-50(47,48)49)44-43(46)39-37-35-33-31-29-27-25-22-20-18-16-14-12-10-8-6-4-2/h18,20,36,38,41-42,45H,3-17,19,21-35,37,39-40H2,1-2H3,(H,44,46)(H,47,48,49)/b20-18-,38-36+. The van der Waals surface area contributed by atoms with Gasteiger partial charge in [0.2, 0.25) is 5.91 Å². The molecule has 0 aromatic rings. The van der Waals surface area contributed by atoms with Crippen molar-refractivity contribution >= 4 is 16.0 Å². The van der Waals surface area contributed by atoms with Gasteiger partial charge in [0.05, 0.1) is 17.9 Å². The van der Waals surface area contributed by atoms with Gasteiger partial charge in [-0.3, -0.25) is 9.35 Å². The number of carbonyl (C=O) groups is 1. The van der Waals surface area contributed by atoms with Gasteiger partial charge in [-0.2, -0.15) is 8.42 Å². The maximum atomic E-state index is 12.5. The Labute approximate surface area is 311 Å². The summed E-state index contributed by atoms with van der Waals surface area (Å²) in [6.07, 6.45) is 47.3. The summed E-state index contributed by atoms with van der Waals surface area (Å²) in [5.74, 6) is -0.978. The van der Waals surface area contributed by atoms with E-state index in [0.717, 1.165) is 44.9 Å². The third-order valence-corrected chi connectivity index (χ3v) is 10.7. The first-order valence-corrected chi connectivity index (χ1v) is 23.1. The van der Waals surface area contributed by atoms with Crippen LogP contribution in [0.3, 0.4) is 0 Å². The summed E-state index contributed by atoms with van der Waals surface area (Å²) in [5, 5.41) is 13.2. The number of allylic oxidation sites excluding steroid dienone is 3. The third-order valence-electron chi connectivity index (χ3n) is 9.87. The van der Waals surface area contributed by atoms with Gasteiger partial charge in [0, 0.05) is 6.42 Å². The van der Waals surface area contributed by atoms with E-state index in [1.807, 2.05) is 6.08 Å². The monoisotopic (exact) mass is 726 g/mol. The molecule has 0 aromatic carbocycles. The first-order valence-electron chi connectivity index (χ1n) is 21.5. The predicted molar refractivity (Wildman–Crippen MR) is 216 cm³/mol.